The van der Waals surface area contributed by atoms with Crippen LogP contribution >= 0.6 is 11.8 Å². The summed E-state index contributed by atoms with van der Waals surface area (Å²) in [5.74, 6) is 1.25. The van der Waals surface area contributed by atoms with Crippen molar-refractivity contribution in [2.45, 2.75) is 17.1 Å². The lowest BCUT2D eigenvalue weighted by Gasteiger charge is -2.20. The van der Waals surface area contributed by atoms with Gasteiger partial charge in [-0.2, -0.15) is 13.2 Å². The number of nitrogens with zero attached hydrogens (tertiary/aromatic N) is 2. The summed E-state index contributed by atoms with van der Waals surface area (Å²) in [6.07, 6.45) is -1.07. The number of aryl methyl sites for hydroxylation is 1. The molecule has 0 spiro atoms. The van der Waals surface area contributed by atoms with Crippen molar-refractivity contribution in [3.63, 3.8) is 0 Å². The van der Waals surface area contributed by atoms with E-state index in [4.69, 9.17) is 9.47 Å². The van der Waals surface area contributed by atoms with E-state index >= 15 is 0 Å². The van der Waals surface area contributed by atoms with Gasteiger partial charge in [0.25, 0.3) is 0 Å². The molecule has 1 amide bonds. The van der Waals surface area contributed by atoms with Crippen LogP contribution < -0.4 is 14.8 Å². The zero-order valence-corrected chi connectivity index (χ0v) is 18.5. The second kappa shape index (κ2) is 9.99. The molecule has 0 aliphatic heterocycles. The van der Waals surface area contributed by atoms with Gasteiger partial charge in [-0.3, -0.25) is 4.79 Å². The summed E-state index contributed by atoms with van der Waals surface area (Å²) in [6.45, 7) is 0. The zero-order valence-electron chi connectivity index (χ0n) is 17.6. The Balaban J connectivity index is 1.81. The third-order valence-electron chi connectivity index (χ3n) is 4.66. The molecule has 1 N–H and O–H groups in total. The van der Waals surface area contributed by atoms with Crippen molar-refractivity contribution in [1.82, 2.24) is 14.9 Å². The van der Waals surface area contributed by atoms with E-state index in [0.29, 0.717) is 27.8 Å². The number of benzene rings is 2. The number of thioether (sulfide) groups is 1. The first-order chi connectivity index (χ1) is 15.2. The average Bonchev–Trinajstić information content (AvgIpc) is 3.20. The monoisotopic (exact) mass is 465 g/mol. The molecule has 0 fully saturated rings. The van der Waals surface area contributed by atoms with Crippen molar-refractivity contribution in [1.29, 1.82) is 0 Å². The molecule has 1 aromatic heterocycles. The van der Waals surface area contributed by atoms with Gasteiger partial charge in [0.2, 0.25) is 5.91 Å². The highest BCUT2D eigenvalue weighted by Gasteiger charge is 2.30. The van der Waals surface area contributed by atoms with Crippen LogP contribution in [0.1, 0.15) is 23.0 Å². The summed E-state index contributed by atoms with van der Waals surface area (Å²) in [4.78, 5) is 17.4. The Morgan fingerprint density at radius 1 is 1.16 bits per heavy atom. The summed E-state index contributed by atoms with van der Waals surface area (Å²) >= 11 is 1.02. The molecular weight excluding hydrogens is 443 g/mol. The molecule has 1 atom stereocenters. The number of hydrogen-bond donors (Lipinski definition) is 1. The number of ether oxygens (including phenoxy) is 2. The lowest BCUT2D eigenvalue weighted by atomic mass is 10.0. The van der Waals surface area contributed by atoms with Crippen LogP contribution in [0.25, 0.3) is 0 Å². The van der Waals surface area contributed by atoms with Crippen LogP contribution in [0.4, 0.5) is 13.2 Å². The summed E-state index contributed by atoms with van der Waals surface area (Å²) in [6, 6.07) is 9.51. The highest BCUT2D eigenvalue weighted by Crippen LogP contribution is 2.32. The fourth-order valence-electron chi connectivity index (χ4n) is 3.06. The molecule has 0 bridgehead atoms. The van der Waals surface area contributed by atoms with E-state index < -0.39 is 17.8 Å². The second-order valence-electron chi connectivity index (χ2n) is 6.86. The number of hydrogen-bond acceptors (Lipinski definition) is 5. The molecule has 0 aliphatic rings. The van der Waals surface area contributed by atoms with Gasteiger partial charge in [0.15, 0.2) is 0 Å². The average molecular weight is 465 g/mol. The van der Waals surface area contributed by atoms with Crippen molar-refractivity contribution in [3.05, 3.63) is 71.8 Å². The Morgan fingerprint density at radius 3 is 2.41 bits per heavy atom. The second-order valence-corrected chi connectivity index (χ2v) is 7.91. The Kier molecular flexibility index (Phi) is 7.34. The number of imidazole rings is 1. The number of alkyl halides is 3. The normalized spacial score (nSPS) is 12.3. The number of methoxy groups -OCH3 is 2. The molecule has 1 unspecified atom stereocenters. The van der Waals surface area contributed by atoms with Crippen LogP contribution in [0.2, 0.25) is 0 Å². The molecule has 32 heavy (non-hydrogen) atoms. The largest absolute Gasteiger partial charge is 0.497 e. The predicted molar refractivity (Wildman–Crippen MR) is 115 cm³/mol. The van der Waals surface area contributed by atoms with Crippen LogP contribution in [0.3, 0.4) is 0 Å². The molecule has 0 saturated carbocycles. The molecule has 3 rings (SSSR count). The van der Waals surface area contributed by atoms with Gasteiger partial charge in [-0.05, 0) is 35.9 Å². The lowest BCUT2D eigenvalue weighted by Crippen LogP contribution is -2.32. The van der Waals surface area contributed by atoms with Crippen LogP contribution in [-0.2, 0) is 18.0 Å². The van der Waals surface area contributed by atoms with Crippen molar-refractivity contribution in [2.75, 3.05) is 20.0 Å². The number of halogens is 3. The molecule has 6 nitrogen and oxygen atoms in total. The maximum Gasteiger partial charge on any atom is 0.416 e. The molecule has 0 radical (unpaired) electrons. The number of carbonyl (C=O) groups excluding carboxylic acids is 1. The summed E-state index contributed by atoms with van der Waals surface area (Å²) in [5.41, 5.74) is -0.0646. The SMILES string of the molecule is COc1cc(OC)cc(C(NC(=O)CSc2cccc(C(F)(F)F)c2)c2nccn2C)c1. The Hall–Kier alpha value is -3.14. The van der Waals surface area contributed by atoms with Crippen LogP contribution in [0, 0.1) is 0 Å². The number of carbonyl (C=O) groups is 1. The van der Waals surface area contributed by atoms with Crippen molar-refractivity contribution in [3.8, 4) is 11.5 Å². The fraction of sp³-hybridized carbons (Fsp3) is 0.273. The summed E-state index contributed by atoms with van der Waals surface area (Å²) in [7, 11) is 4.85. The highest BCUT2D eigenvalue weighted by molar-refractivity contribution is 8.00. The maximum atomic E-state index is 12.9. The highest BCUT2D eigenvalue weighted by atomic mass is 32.2. The van der Waals surface area contributed by atoms with E-state index in [0.717, 1.165) is 23.9 Å². The number of nitrogens with one attached hydrogen (secondary N) is 1. The van der Waals surface area contributed by atoms with Gasteiger partial charge in [-0.1, -0.05) is 6.07 Å². The molecule has 0 aliphatic carbocycles. The fourth-order valence-corrected chi connectivity index (χ4v) is 3.83. The van der Waals surface area contributed by atoms with Crippen molar-refractivity contribution in [2.24, 2.45) is 7.05 Å². The third kappa shape index (κ3) is 5.76. The van der Waals surface area contributed by atoms with Gasteiger partial charge in [0, 0.05) is 30.4 Å². The first-order valence-electron chi connectivity index (χ1n) is 9.51. The van der Waals surface area contributed by atoms with E-state index in [-0.39, 0.29) is 11.7 Å². The molecular formula is C22H22F3N3O3S. The minimum Gasteiger partial charge on any atom is -0.497 e. The van der Waals surface area contributed by atoms with Gasteiger partial charge in [0.1, 0.15) is 23.4 Å². The van der Waals surface area contributed by atoms with Crippen molar-refractivity contribution >= 4 is 17.7 Å². The maximum absolute atomic E-state index is 12.9. The molecule has 1 heterocycles. The number of rotatable bonds is 8. The van der Waals surface area contributed by atoms with E-state index in [2.05, 4.69) is 10.3 Å². The van der Waals surface area contributed by atoms with Crippen LogP contribution in [0.5, 0.6) is 11.5 Å². The Labute approximate surface area is 187 Å². The van der Waals surface area contributed by atoms with Gasteiger partial charge >= 0.3 is 6.18 Å². The minimum atomic E-state index is -4.44. The van der Waals surface area contributed by atoms with Gasteiger partial charge in [0.05, 0.1) is 25.5 Å². The standard InChI is InChI=1S/C22H22F3N3O3S/c1-28-8-7-26-21(28)20(14-9-16(30-2)12-17(10-14)31-3)27-19(29)13-32-18-6-4-5-15(11-18)22(23,24)25/h4-12,20H,13H2,1-3H3,(H,27,29). The van der Waals surface area contributed by atoms with Gasteiger partial charge < -0.3 is 19.4 Å². The first-order valence-corrected chi connectivity index (χ1v) is 10.5. The topological polar surface area (TPSA) is 65.4 Å². The number of amides is 1. The molecule has 10 heteroatoms. The van der Waals surface area contributed by atoms with E-state index in [1.807, 2.05) is 0 Å². The quantitative estimate of drug-likeness (QED) is 0.498. The predicted octanol–water partition coefficient (Wildman–Crippen LogP) is 4.45. The third-order valence-corrected chi connectivity index (χ3v) is 5.65. The van der Waals surface area contributed by atoms with Gasteiger partial charge in [-0.25, -0.2) is 4.98 Å². The summed E-state index contributed by atoms with van der Waals surface area (Å²) in [5, 5.41) is 2.92. The van der Waals surface area contributed by atoms with E-state index in [1.165, 1.54) is 26.4 Å². The molecule has 2 aromatic carbocycles. The minimum absolute atomic E-state index is 0.0661. The Morgan fingerprint density at radius 2 is 1.84 bits per heavy atom. The first kappa shape index (κ1) is 23.5. The van der Waals surface area contributed by atoms with Crippen molar-refractivity contribution < 1.29 is 27.4 Å². The van der Waals surface area contributed by atoms with E-state index in [1.54, 1.807) is 42.2 Å². The molecule has 3 aromatic rings. The summed E-state index contributed by atoms with van der Waals surface area (Å²) < 4.78 is 51.2. The van der Waals surface area contributed by atoms with E-state index in [9.17, 15) is 18.0 Å². The number of aromatic nitrogens is 2. The molecule has 0 saturated heterocycles. The smallest absolute Gasteiger partial charge is 0.416 e. The molecule has 170 valence electrons. The van der Waals surface area contributed by atoms with Crippen LogP contribution in [-0.4, -0.2) is 35.4 Å². The van der Waals surface area contributed by atoms with Gasteiger partial charge in [-0.15, -0.1) is 11.8 Å². The Bertz CT molecular complexity index is 1060. The van der Waals surface area contributed by atoms with Crippen LogP contribution in [0.15, 0.2) is 59.8 Å². The lowest BCUT2D eigenvalue weighted by molar-refractivity contribution is -0.137. The zero-order chi connectivity index (χ0) is 23.3.